The van der Waals surface area contributed by atoms with E-state index in [-0.39, 0.29) is 23.4 Å². The maximum Gasteiger partial charge on any atom is 0.254 e. The maximum atomic E-state index is 13.0. The SMILES string of the molecule is Cn1cc(C(=O)NCC2CCN(S(=O)(=O)Cc3ccc(F)cc3)CC2)cn1. The molecule has 1 aromatic heterocycles. The van der Waals surface area contributed by atoms with E-state index >= 15 is 0 Å². The Kier molecular flexibility index (Phi) is 5.91. The number of halogens is 1. The number of rotatable bonds is 6. The molecule has 2 aromatic rings. The number of aryl methyl sites for hydroxylation is 1. The molecule has 1 amide bonds. The molecular formula is C18H23FN4O3S. The van der Waals surface area contributed by atoms with Gasteiger partial charge in [0.25, 0.3) is 5.91 Å². The van der Waals surface area contributed by atoms with Crippen LogP contribution in [0.1, 0.15) is 28.8 Å². The van der Waals surface area contributed by atoms with E-state index in [9.17, 15) is 17.6 Å². The molecule has 9 heteroatoms. The van der Waals surface area contributed by atoms with Crippen LogP contribution in [-0.2, 0) is 22.8 Å². The highest BCUT2D eigenvalue weighted by atomic mass is 32.2. The molecule has 0 unspecified atom stereocenters. The standard InChI is InChI=1S/C18H23FN4O3S/c1-22-12-16(11-21-22)18(24)20-10-14-6-8-23(9-7-14)27(25,26)13-15-2-4-17(19)5-3-15/h2-5,11-12,14H,6-10,13H2,1H3,(H,20,24). The Bertz CT molecular complexity index is 888. The Morgan fingerprint density at radius 1 is 1.26 bits per heavy atom. The summed E-state index contributed by atoms with van der Waals surface area (Å²) in [7, 11) is -1.68. The van der Waals surface area contributed by atoms with Gasteiger partial charge in [0.05, 0.1) is 17.5 Å². The highest BCUT2D eigenvalue weighted by molar-refractivity contribution is 7.88. The van der Waals surface area contributed by atoms with E-state index in [0.717, 1.165) is 0 Å². The van der Waals surface area contributed by atoms with Crippen molar-refractivity contribution >= 4 is 15.9 Å². The van der Waals surface area contributed by atoms with Gasteiger partial charge < -0.3 is 5.32 Å². The summed E-state index contributed by atoms with van der Waals surface area (Å²) in [5.41, 5.74) is 1.08. The van der Waals surface area contributed by atoms with Gasteiger partial charge in [0.15, 0.2) is 0 Å². The summed E-state index contributed by atoms with van der Waals surface area (Å²) in [4.78, 5) is 12.1. The van der Waals surface area contributed by atoms with Gasteiger partial charge in [0, 0.05) is 32.9 Å². The lowest BCUT2D eigenvalue weighted by Gasteiger charge is -2.31. The molecule has 0 radical (unpaired) electrons. The molecule has 27 heavy (non-hydrogen) atoms. The second-order valence-electron chi connectivity index (χ2n) is 6.84. The second-order valence-corrected chi connectivity index (χ2v) is 8.81. The van der Waals surface area contributed by atoms with Gasteiger partial charge >= 0.3 is 0 Å². The van der Waals surface area contributed by atoms with Crippen molar-refractivity contribution in [3.05, 3.63) is 53.6 Å². The lowest BCUT2D eigenvalue weighted by Crippen LogP contribution is -2.42. The summed E-state index contributed by atoms with van der Waals surface area (Å²) in [6, 6.07) is 5.52. The lowest BCUT2D eigenvalue weighted by molar-refractivity contribution is 0.0941. The molecule has 7 nitrogen and oxygen atoms in total. The Labute approximate surface area is 158 Å². The second kappa shape index (κ2) is 8.18. The number of benzene rings is 1. The van der Waals surface area contributed by atoms with Gasteiger partial charge in [0.1, 0.15) is 5.82 Å². The average molecular weight is 394 g/mol. The van der Waals surface area contributed by atoms with Crippen molar-refractivity contribution < 1.29 is 17.6 Å². The zero-order valence-electron chi connectivity index (χ0n) is 15.1. The number of hydrogen-bond donors (Lipinski definition) is 1. The van der Waals surface area contributed by atoms with Gasteiger partial charge in [-0.1, -0.05) is 12.1 Å². The van der Waals surface area contributed by atoms with Crippen molar-refractivity contribution in [3.63, 3.8) is 0 Å². The number of nitrogens with one attached hydrogen (secondary N) is 1. The van der Waals surface area contributed by atoms with E-state index in [4.69, 9.17) is 0 Å². The first-order valence-corrected chi connectivity index (χ1v) is 10.4. The normalized spacial score (nSPS) is 16.4. The number of sulfonamides is 1. The van der Waals surface area contributed by atoms with Gasteiger partial charge in [-0.3, -0.25) is 9.48 Å². The maximum absolute atomic E-state index is 13.0. The number of nitrogens with zero attached hydrogens (tertiary/aromatic N) is 3. The molecule has 0 bridgehead atoms. The van der Waals surface area contributed by atoms with Crippen LogP contribution >= 0.6 is 0 Å². The Morgan fingerprint density at radius 2 is 1.93 bits per heavy atom. The van der Waals surface area contributed by atoms with Gasteiger partial charge in [-0.25, -0.2) is 17.1 Å². The van der Waals surface area contributed by atoms with E-state index in [1.54, 1.807) is 17.9 Å². The number of hydrogen-bond acceptors (Lipinski definition) is 4. The summed E-state index contributed by atoms with van der Waals surface area (Å²) >= 11 is 0. The zero-order chi connectivity index (χ0) is 19.4. The highest BCUT2D eigenvalue weighted by Crippen LogP contribution is 2.21. The van der Waals surface area contributed by atoms with E-state index < -0.39 is 10.0 Å². The first-order valence-electron chi connectivity index (χ1n) is 8.82. The first-order chi connectivity index (χ1) is 12.8. The van der Waals surface area contributed by atoms with Crippen molar-refractivity contribution in [3.8, 4) is 0 Å². The summed E-state index contributed by atoms with van der Waals surface area (Å²) in [6.07, 6.45) is 4.55. The Balaban J connectivity index is 1.47. The minimum absolute atomic E-state index is 0.129. The van der Waals surface area contributed by atoms with Crippen molar-refractivity contribution in [2.75, 3.05) is 19.6 Å². The third-order valence-electron chi connectivity index (χ3n) is 4.75. The fraction of sp³-hybridized carbons (Fsp3) is 0.444. The monoisotopic (exact) mass is 394 g/mol. The molecule has 0 atom stereocenters. The van der Waals surface area contributed by atoms with Crippen LogP contribution in [0.15, 0.2) is 36.7 Å². The van der Waals surface area contributed by atoms with Crippen LogP contribution in [0.5, 0.6) is 0 Å². The third-order valence-corrected chi connectivity index (χ3v) is 6.60. The molecule has 0 saturated carbocycles. The molecule has 1 fully saturated rings. The topological polar surface area (TPSA) is 84.3 Å². The van der Waals surface area contributed by atoms with Crippen molar-refractivity contribution in [1.29, 1.82) is 0 Å². The van der Waals surface area contributed by atoms with E-state index in [2.05, 4.69) is 10.4 Å². The summed E-state index contributed by atoms with van der Waals surface area (Å²) in [6.45, 7) is 1.37. The smallest absolute Gasteiger partial charge is 0.254 e. The van der Waals surface area contributed by atoms with Crippen molar-refractivity contribution in [1.82, 2.24) is 19.4 Å². The minimum Gasteiger partial charge on any atom is -0.352 e. The van der Waals surface area contributed by atoms with Crippen LogP contribution in [0.2, 0.25) is 0 Å². The molecule has 146 valence electrons. The number of piperidine rings is 1. The third kappa shape index (κ3) is 5.14. The number of aromatic nitrogens is 2. The largest absolute Gasteiger partial charge is 0.352 e. The molecule has 0 spiro atoms. The quantitative estimate of drug-likeness (QED) is 0.805. The van der Waals surface area contributed by atoms with Crippen LogP contribution in [0.25, 0.3) is 0 Å². The summed E-state index contributed by atoms with van der Waals surface area (Å²) in [5.74, 6) is -0.446. The van der Waals surface area contributed by atoms with Gasteiger partial charge in [-0.2, -0.15) is 5.10 Å². The van der Waals surface area contributed by atoms with Crippen LogP contribution < -0.4 is 5.32 Å². The van der Waals surface area contributed by atoms with E-state index in [0.29, 0.717) is 43.6 Å². The lowest BCUT2D eigenvalue weighted by atomic mass is 9.98. The molecule has 0 aliphatic carbocycles. The summed E-state index contributed by atoms with van der Waals surface area (Å²) < 4.78 is 41.1. The molecule has 1 saturated heterocycles. The van der Waals surface area contributed by atoms with Gasteiger partial charge in [-0.15, -0.1) is 0 Å². The van der Waals surface area contributed by atoms with E-state index in [1.807, 2.05) is 0 Å². The number of carbonyl (C=O) groups excluding carboxylic acids is 1. The van der Waals surface area contributed by atoms with Gasteiger partial charge in [0.2, 0.25) is 10.0 Å². The molecule has 1 aliphatic rings. The highest BCUT2D eigenvalue weighted by Gasteiger charge is 2.28. The van der Waals surface area contributed by atoms with Gasteiger partial charge in [-0.05, 0) is 36.5 Å². The van der Waals surface area contributed by atoms with Crippen molar-refractivity contribution in [2.45, 2.75) is 18.6 Å². The molecule has 1 aliphatic heterocycles. The minimum atomic E-state index is -3.43. The van der Waals surface area contributed by atoms with Crippen LogP contribution in [0.3, 0.4) is 0 Å². The van der Waals surface area contributed by atoms with Crippen molar-refractivity contribution in [2.24, 2.45) is 13.0 Å². The Hall–Kier alpha value is -2.26. The average Bonchev–Trinajstić information content (AvgIpc) is 3.08. The Morgan fingerprint density at radius 3 is 2.52 bits per heavy atom. The van der Waals surface area contributed by atoms with Crippen LogP contribution in [0, 0.1) is 11.7 Å². The predicted octanol–water partition coefficient (Wildman–Crippen LogP) is 1.53. The molecular weight excluding hydrogens is 371 g/mol. The number of amides is 1. The van der Waals surface area contributed by atoms with Crippen LogP contribution in [-0.4, -0.2) is 48.0 Å². The number of carbonyl (C=O) groups is 1. The molecule has 2 heterocycles. The van der Waals surface area contributed by atoms with E-state index in [1.165, 1.54) is 34.8 Å². The molecule has 3 rings (SSSR count). The fourth-order valence-electron chi connectivity index (χ4n) is 3.15. The van der Waals surface area contributed by atoms with Crippen LogP contribution in [0.4, 0.5) is 4.39 Å². The summed E-state index contributed by atoms with van der Waals surface area (Å²) in [5, 5.41) is 6.86. The molecule has 1 N–H and O–H groups in total. The fourth-order valence-corrected chi connectivity index (χ4v) is 4.72. The zero-order valence-corrected chi connectivity index (χ0v) is 16.0. The molecule has 1 aromatic carbocycles. The first kappa shape index (κ1) is 19.5. The predicted molar refractivity (Wildman–Crippen MR) is 98.9 cm³/mol.